The number of urea groups is 1. The summed E-state index contributed by atoms with van der Waals surface area (Å²) >= 11 is 0. The number of hydrogen-bond acceptors (Lipinski definition) is 5. The van der Waals surface area contributed by atoms with Crippen molar-refractivity contribution >= 4 is 23.3 Å². The number of benzene rings is 3. The standard InChI is InChI=1S/C26H21N5O4/c32-25(19-9-5-2-6-10-19)30-23-15-16-29(17-22(23)24(28-30)18-7-3-1-4-8-18)26(33)27-20-11-13-21(14-12-20)31(34)35/h1-14H,15-17H2,(H,27,33). The molecule has 2 heterocycles. The maximum atomic E-state index is 13.3. The first kappa shape index (κ1) is 22.0. The number of rotatable bonds is 4. The van der Waals surface area contributed by atoms with Crippen molar-refractivity contribution in [3.05, 3.63) is 112 Å². The van der Waals surface area contributed by atoms with Gasteiger partial charge in [-0.2, -0.15) is 9.78 Å². The minimum absolute atomic E-state index is 0.0476. The molecule has 4 aromatic rings. The molecule has 2 amide bonds. The van der Waals surface area contributed by atoms with E-state index in [4.69, 9.17) is 0 Å². The number of nitro groups is 1. The van der Waals surface area contributed by atoms with Crippen LogP contribution in [0.15, 0.2) is 84.9 Å². The van der Waals surface area contributed by atoms with Gasteiger partial charge >= 0.3 is 6.03 Å². The summed E-state index contributed by atoms with van der Waals surface area (Å²) in [7, 11) is 0. The molecule has 1 aliphatic rings. The molecule has 174 valence electrons. The fourth-order valence-electron chi connectivity index (χ4n) is 4.16. The highest BCUT2D eigenvalue weighted by atomic mass is 16.6. The van der Waals surface area contributed by atoms with Crippen molar-refractivity contribution in [3.8, 4) is 11.3 Å². The van der Waals surface area contributed by atoms with Gasteiger partial charge < -0.3 is 10.2 Å². The lowest BCUT2D eigenvalue weighted by Gasteiger charge is -2.28. The molecule has 0 saturated heterocycles. The maximum absolute atomic E-state index is 13.3. The molecule has 0 fully saturated rings. The second kappa shape index (κ2) is 9.22. The minimum Gasteiger partial charge on any atom is -0.320 e. The predicted molar refractivity (Wildman–Crippen MR) is 130 cm³/mol. The quantitative estimate of drug-likeness (QED) is 0.344. The van der Waals surface area contributed by atoms with Crippen LogP contribution in [0.2, 0.25) is 0 Å². The van der Waals surface area contributed by atoms with Gasteiger partial charge in [0.05, 0.1) is 22.9 Å². The Morgan fingerprint density at radius 2 is 1.57 bits per heavy atom. The Labute approximate surface area is 200 Å². The molecular weight excluding hydrogens is 446 g/mol. The average molecular weight is 467 g/mol. The van der Waals surface area contributed by atoms with Crippen molar-refractivity contribution in [1.82, 2.24) is 14.7 Å². The van der Waals surface area contributed by atoms with E-state index < -0.39 is 4.92 Å². The highest BCUT2D eigenvalue weighted by molar-refractivity contribution is 5.96. The molecule has 0 saturated carbocycles. The van der Waals surface area contributed by atoms with Crippen molar-refractivity contribution in [2.75, 3.05) is 11.9 Å². The summed E-state index contributed by atoms with van der Waals surface area (Å²) < 4.78 is 1.46. The minimum atomic E-state index is -0.489. The van der Waals surface area contributed by atoms with Crippen molar-refractivity contribution in [1.29, 1.82) is 0 Å². The lowest BCUT2D eigenvalue weighted by molar-refractivity contribution is -0.384. The smallest absolute Gasteiger partial charge is 0.320 e. The van der Waals surface area contributed by atoms with E-state index >= 15 is 0 Å². The fourth-order valence-corrected chi connectivity index (χ4v) is 4.16. The van der Waals surface area contributed by atoms with Crippen LogP contribution in [0.5, 0.6) is 0 Å². The molecule has 0 spiro atoms. The third-order valence-corrected chi connectivity index (χ3v) is 5.93. The van der Waals surface area contributed by atoms with E-state index in [2.05, 4.69) is 10.4 Å². The molecule has 1 N–H and O–H groups in total. The lowest BCUT2D eigenvalue weighted by Crippen LogP contribution is -2.39. The van der Waals surface area contributed by atoms with Gasteiger partial charge in [-0.05, 0) is 24.3 Å². The number of aromatic nitrogens is 2. The highest BCUT2D eigenvalue weighted by Gasteiger charge is 2.30. The van der Waals surface area contributed by atoms with Gasteiger partial charge in [-0.1, -0.05) is 48.5 Å². The van der Waals surface area contributed by atoms with Gasteiger partial charge in [0.1, 0.15) is 0 Å². The van der Waals surface area contributed by atoms with Gasteiger partial charge in [0.15, 0.2) is 0 Å². The molecular formula is C26H21N5O4. The summed E-state index contributed by atoms with van der Waals surface area (Å²) in [5, 5.41) is 18.3. The van der Waals surface area contributed by atoms with Crippen LogP contribution in [0.25, 0.3) is 11.3 Å². The SMILES string of the molecule is O=C(Nc1ccc([N+](=O)[O-])cc1)N1CCc2c(c(-c3ccccc3)nn2C(=O)c2ccccc2)C1. The number of anilines is 1. The van der Waals surface area contributed by atoms with Crippen LogP contribution in [-0.4, -0.2) is 38.1 Å². The van der Waals surface area contributed by atoms with Gasteiger partial charge in [0.25, 0.3) is 11.6 Å². The Kier molecular flexibility index (Phi) is 5.80. The largest absolute Gasteiger partial charge is 0.322 e. The van der Waals surface area contributed by atoms with Gasteiger partial charge in [-0.3, -0.25) is 14.9 Å². The molecule has 35 heavy (non-hydrogen) atoms. The van der Waals surface area contributed by atoms with E-state index in [9.17, 15) is 19.7 Å². The van der Waals surface area contributed by atoms with Crippen LogP contribution >= 0.6 is 0 Å². The average Bonchev–Trinajstić information content (AvgIpc) is 3.28. The van der Waals surface area contributed by atoms with Crippen LogP contribution in [0.4, 0.5) is 16.2 Å². The number of non-ortho nitro benzene ring substituents is 1. The second-order valence-electron chi connectivity index (χ2n) is 8.13. The summed E-state index contributed by atoms with van der Waals surface area (Å²) in [6.07, 6.45) is 0.460. The Morgan fingerprint density at radius 3 is 2.23 bits per heavy atom. The number of fused-ring (bicyclic) bond motifs is 1. The number of nitrogens with zero attached hydrogens (tertiary/aromatic N) is 4. The molecule has 0 aliphatic carbocycles. The maximum Gasteiger partial charge on any atom is 0.322 e. The van der Waals surface area contributed by atoms with Crippen LogP contribution < -0.4 is 5.32 Å². The second-order valence-corrected chi connectivity index (χ2v) is 8.13. The van der Waals surface area contributed by atoms with Crippen LogP contribution in [-0.2, 0) is 13.0 Å². The van der Waals surface area contributed by atoms with E-state index in [1.54, 1.807) is 17.0 Å². The summed E-state index contributed by atoms with van der Waals surface area (Å²) in [4.78, 5) is 38.3. The zero-order chi connectivity index (χ0) is 24.4. The fraction of sp³-hybridized carbons (Fsp3) is 0.115. The normalized spacial score (nSPS) is 12.6. The zero-order valence-corrected chi connectivity index (χ0v) is 18.6. The topological polar surface area (TPSA) is 110 Å². The number of nitro benzene ring substituents is 1. The Bertz CT molecular complexity index is 1400. The molecule has 0 radical (unpaired) electrons. The Morgan fingerprint density at radius 1 is 0.914 bits per heavy atom. The van der Waals surface area contributed by atoms with Crippen molar-refractivity contribution in [3.63, 3.8) is 0 Å². The molecule has 1 aromatic heterocycles. The summed E-state index contributed by atoms with van der Waals surface area (Å²) in [5.41, 5.74) is 4.09. The summed E-state index contributed by atoms with van der Waals surface area (Å²) in [6.45, 7) is 0.675. The van der Waals surface area contributed by atoms with Gasteiger partial charge in [-0.25, -0.2) is 4.79 Å². The Hall–Kier alpha value is -4.79. The molecule has 1 aliphatic heterocycles. The van der Waals surface area contributed by atoms with Gasteiger partial charge in [0.2, 0.25) is 0 Å². The molecule has 0 atom stereocenters. The van der Waals surface area contributed by atoms with Crippen molar-refractivity contribution in [2.45, 2.75) is 13.0 Å². The Balaban J connectivity index is 1.45. The van der Waals surface area contributed by atoms with Crippen LogP contribution in [0.3, 0.4) is 0 Å². The molecule has 9 heteroatoms. The summed E-state index contributed by atoms with van der Waals surface area (Å²) in [6, 6.07) is 23.9. The molecule has 3 aromatic carbocycles. The monoisotopic (exact) mass is 467 g/mol. The van der Waals surface area contributed by atoms with E-state index in [0.29, 0.717) is 29.9 Å². The summed E-state index contributed by atoms with van der Waals surface area (Å²) in [5.74, 6) is -0.215. The first-order valence-electron chi connectivity index (χ1n) is 11.1. The highest BCUT2D eigenvalue weighted by Crippen LogP contribution is 2.31. The third kappa shape index (κ3) is 4.39. The van der Waals surface area contributed by atoms with Crippen LogP contribution in [0.1, 0.15) is 21.6 Å². The number of carbonyl (C=O) groups excluding carboxylic acids is 2. The lowest BCUT2D eigenvalue weighted by atomic mass is 10.0. The predicted octanol–water partition coefficient (Wildman–Crippen LogP) is 4.74. The third-order valence-electron chi connectivity index (χ3n) is 5.93. The van der Waals surface area contributed by atoms with E-state index in [1.165, 1.54) is 28.9 Å². The number of hydrogen-bond donors (Lipinski definition) is 1. The molecule has 9 nitrogen and oxygen atoms in total. The van der Waals surface area contributed by atoms with Gasteiger partial charge in [0, 0.05) is 47.5 Å². The number of amides is 2. The molecule has 0 bridgehead atoms. The van der Waals surface area contributed by atoms with Crippen LogP contribution in [0, 0.1) is 10.1 Å². The first-order chi connectivity index (χ1) is 17.0. The van der Waals surface area contributed by atoms with E-state index in [-0.39, 0.29) is 24.2 Å². The number of nitrogens with one attached hydrogen (secondary N) is 1. The number of carbonyl (C=O) groups is 2. The first-order valence-corrected chi connectivity index (χ1v) is 11.1. The zero-order valence-electron chi connectivity index (χ0n) is 18.6. The van der Waals surface area contributed by atoms with E-state index in [0.717, 1.165) is 16.8 Å². The van der Waals surface area contributed by atoms with Crippen molar-refractivity contribution < 1.29 is 14.5 Å². The molecule has 0 unspecified atom stereocenters. The molecule has 5 rings (SSSR count). The van der Waals surface area contributed by atoms with Crippen molar-refractivity contribution in [2.24, 2.45) is 0 Å². The van der Waals surface area contributed by atoms with Gasteiger partial charge in [-0.15, -0.1) is 0 Å². The van der Waals surface area contributed by atoms with E-state index in [1.807, 2.05) is 48.5 Å².